The molecule has 0 saturated heterocycles. The molecule has 1 aliphatic carbocycles. The van der Waals surface area contributed by atoms with Gasteiger partial charge in [-0.25, -0.2) is 4.68 Å². The molecule has 4 rings (SSSR count). The average Bonchev–Trinajstić information content (AvgIpc) is 3.37. The van der Waals surface area contributed by atoms with Crippen molar-refractivity contribution in [2.75, 3.05) is 6.54 Å². The van der Waals surface area contributed by atoms with Gasteiger partial charge >= 0.3 is 0 Å². The van der Waals surface area contributed by atoms with Crippen LogP contribution in [0.4, 0.5) is 0 Å². The van der Waals surface area contributed by atoms with Gasteiger partial charge in [-0.3, -0.25) is 9.59 Å². The summed E-state index contributed by atoms with van der Waals surface area (Å²) in [5.41, 5.74) is 0.893. The molecule has 1 fully saturated rings. The first-order chi connectivity index (χ1) is 13.2. The van der Waals surface area contributed by atoms with Gasteiger partial charge in [0.05, 0.1) is 11.1 Å². The Kier molecular flexibility index (Phi) is 4.58. The van der Waals surface area contributed by atoms with Gasteiger partial charge in [-0.05, 0) is 25.3 Å². The summed E-state index contributed by atoms with van der Waals surface area (Å²) in [4.78, 5) is 24.3. The zero-order valence-electron chi connectivity index (χ0n) is 14.8. The van der Waals surface area contributed by atoms with Gasteiger partial charge in [0.2, 0.25) is 5.91 Å². The number of rotatable bonds is 7. The maximum Gasteiger partial charge on any atom is 0.266 e. The molecule has 0 bridgehead atoms. The molecule has 1 N–H and O–H groups in total. The second-order valence-corrected chi connectivity index (χ2v) is 6.72. The maximum atomic E-state index is 12.7. The van der Waals surface area contributed by atoms with Crippen molar-refractivity contribution in [3.8, 4) is 11.3 Å². The van der Waals surface area contributed by atoms with E-state index < -0.39 is 5.41 Å². The zero-order chi connectivity index (χ0) is 18.7. The number of aryl methyl sites for hydroxylation is 1. The van der Waals surface area contributed by atoms with E-state index in [1.807, 2.05) is 36.4 Å². The van der Waals surface area contributed by atoms with Crippen LogP contribution in [0.3, 0.4) is 0 Å². The highest BCUT2D eigenvalue weighted by Gasteiger charge is 2.53. The first-order valence-corrected chi connectivity index (χ1v) is 9.02. The summed E-state index contributed by atoms with van der Waals surface area (Å²) in [6.07, 6.45) is 3.74. The van der Waals surface area contributed by atoms with Crippen LogP contribution in [-0.2, 0) is 16.8 Å². The molecule has 1 aliphatic rings. The minimum absolute atomic E-state index is 0.0382. The largest absolute Gasteiger partial charge is 0.356 e. The van der Waals surface area contributed by atoms with Crippen LogP contribution in [0.1, 0.15) is 25.0 Å². The summed E-state index contributed by atoms with van der Waals surface area (Å²) < 4.78 is 6.84. The minimum Gasteiger partial charge on any atom is -0.356 e. The molecule has 7 heteroatoms. The molecule has 0 atom stereocenters. The number of carbonyl (C=O) groups excluding carboxylic acids is 1. The van der Waals surface area contributed by atoms with E-state index in [2.05, 4.69) is 15.6 Å². The summed E-state index contributed by atoms with van der Waals surface area (Å²) in [5.74, 6) is 0.628. The number of benzene rings is 1. The van der Waals surface area contributed by atoms with Gasteiger partial charge in [0.25, 0.3) is 5.56 Å². The molecular formula is C20H20N4O3. The topological polar surface area (TPSA) is 90.0 Å². The van der Waals surface area contributed by atoms with Crippen molar-refractivity contribution in [3.63, 3.8) is 0 Å². The monoisotopic (exact) mass is 364 g/mol. The van der Waals surface area contributed by atoms with E-state index in [0.717, 1.165) is 18.4 Å². The summed E-state index contributed by atoms with van der Waals surface area (Å²) in [6.45, 7) is 0.946. The van der Waals surface area contributed by atoms with Crippen molar-refractivity contribution >= 4 is 5.91 Å². The molecule has 138 valence electrons. The fourth-order valence-electron chi connectivity index (χ4n) is 3.12. The van der Waals surface area contributed by atoms with Gasteiger partial charge in [0.15, 0.2) is 5.76 Å². The Bertz CT molecular complexity index is 989. The van der Waals surface area contributed by atoms with Crippen molar-refractivity contribution in [3.05, 3.63) is 70.8 Å². The zero-order valence-corrected chi connectivity index (χ0v) is 14.8. The first-order valence-electron chi connectivity index (χ1n) is 9.02. The fraction of sp³-hybridized carbons (Fsp3) is 0.300. The Morgan fingerprint density at radius 2 is 2.00 bits per heavy atom. The predicted molar refractivity (Wildman–Crippen MR) is 99.0 cm³/mol. The molecule has 1 saturated carbocycles. The van der Waals surface area contributed by atoms with E-state index in [0.29, 0.717) is 31.0 Å². The Hall–Kier alpha value is -3.22. The van der Waals surface area contributed by atoms with Crippen molar-refractivity contribution in [2.24, 2.45) is 0 Å². The lowest BCUT2D eigenvalue weighted by molar-refractivity contribution is -0.123. The summed E-state index contributed by atoms with van der Waals surface area (Å²) >= 11 is 0. The number of nitrogens with one attached hydrogen (secondary N) is 1. The van der Waals surface area contributed by atoms with Gasteiger partial charge < -0.3 is 9.84 Å². The molecule has 0 spiro atoms. The normalized spacial score (nSPS) is 14.7. The number of carbonyl (C=O) groups is 1. The Morgan fingerprint density at radius 3 is 2.74 bits per heavy atom. The van der Waals surface area contributed by atoms with Crippen LogP contribution >= 0.6 is 0 Å². The summed E-state index contributed by atoms with van der Waals surface area (Å²) in [6, 6.07) is 14.6. The summed E-state index contributed by atoms with van der Waals surface area (Å²) in [7, 11) is 0. The first kappa shape index (κ1) is 17.2. The highest BCUT2D eigenvalue weighted by molar-refractivity contribution is 5.91. The third-order valence-corrected chi connectivity index (χ3v) is 4.86. The molecular weight excluding hydrogens is 344 g/mol. The van der Waals surface area contributed by atoms with Crippen LogP contribution in [0.5, 0.6) is 0 Å². The lowest BCUT2D eigenvalue weighted by atomic mass is 10.0. The SMILES string of the molecule is O=C(NCCCn1ncccc1=O)C1(c2cc(-c3ccccc3)on2)CC1. The van der Waals surface area contributed by atoms with Crippen LogP contribution in [0.15, 0.2) is 64.0 Å². The third-order valence-electron chi connectivity index (χ3n) is 4.86. The van der Waals surface area contributed by atoms with Gasteiger partial charge in [-0.2, -0.15) is 5.10 Å². The molecule has 2 heterocycles. The van der Waals surface area contributed by atoms with Crippen LogP contribution in [0.2, 0.25) is 0 Å². The highest BCUT2D eigenvalue weighted by atomic mass is 16.5. The number of nitrogens with zero attached hydrogens (tertiary/aromatic N) is 3. The van der Waals surface area contributed by atoms with Crippen LogP contribution < -0.4 is 10.9 Å². The molecule has 1 aromatic carbocycles. The fourth-order valence-corrected chi connectivity index (χ4v) is 3.12. The molecule has 0 unspecified atom stereocenters. The molecule has 27 heavy (non-hydrogen) atoms. The molecule has 0 radical (unpaired) electrons. The van der Waals surface area contributed by atoms with E-state index in [1.165, 1.54) is 10.7 Å². The van der Waals surface area contributed by atoms with Crippen LogP contribution in [0.25, 0.3) is 11.3 Å². The lowest BCUT2D eigenvalue weighted by Crippen LogP contribution is -2.36. The molecule has 0 aliphatic heterocycles. The van der Waals surface area contributed by atoms with Crippen molar-refractivity contribution in [1.29, 1.82) is 0 Å². The maximum absolute atomic E-state index is 12.7. The molecule has 7 nitrogen and oxygen atoms in total. The van der Waals surface area contributed by atoms with E-state index >= 15 is 0 Å². The van der Waals surface area contributed by atoms with Crippen LogP contribution in [-0.4, -0.2) is 27.4 Å². The van der Waals surface area contributed by atoms with E-state index in [9.17, 15) is 9.59 Å². The average molecular weight is 364 g/mol. The Balaban J connectivity index is 1.35. The van der Waals surface area contributed by atoms with Crippen molar-refractivity contribution in [2.45, 2.75) is 31.2 Å². The van der Waals surface area contributed by atoms with Crippen LogP contribution in [0, 0.1) is 0 Å². The molecule has 2 aromatic heterocycles. The van der Waals surface area contributed by atoms with E-state index in [1.54, 1.807) is 12.3 Å². The third kappa shape index (κ3) is 3.53. The van der Waals surface area contributed by atoms with Gasteiger partial charge in [0.1, 0.15) is 0 Å². The lowest BCUT2D eigenvalue weighted by Gasteiger charge is -2.12. The minimum atomic E-state index is -0.585. The Morgan fingerprint density at radius 1 is 1.19 bits per heavy atom. The number of amides is 1. The van der Waals surface area contributed by atoms with Gasteiger partial charge in [-0.1, -0.05) is 35.5 Å². The van der Waals surface area contributed by atoms with Crippen molar-refractivity contribution in [1.82, 2.24) is 20.3 Å². The molecule has 1 amide bonds. The number of hydrogen-bond acceptors (Lipinski definition) is 5. The number of aromatic nitrogens is 3. The standard InChI is InChI=1S/C20H20N4O3/c25-18-8-4-12-22-24(18)13-5-11-21-19(26)20(9-10-20)17-14-16(27-23-17)15-6-2-1-3-7-15/h1-4,6-8,12,14H,5,9-11,13H2,(H,21,26). The highest BCUT2D eigenvalue weighted by Crippen LogP contribution is 2.48. The number of hydrogen-bond donors (Lipinski definition) is 1. The smallest absolute Gasteiger partial charge is 0.266 e. The second kappa shape index (κ2) is 7.19. The van der Waals surface area contributed by atoms with E-state index in [-0.39, 0.29) is 11.5 Å². The second-order valence-electron chi connectivity index (χ2n) is 6.72. The van der Waals surface area contributed by atoms with Gasteiger partial charge in [-0.15, -0.1) is 0 Å². The predicted octanol–water partition coefficient (Wildman–Crippen LogP) is 2.14. The van der Waals surface area contributed by atoms with Crippen molar-refractivity contribution < 1.29 is 9.32 Å². The van der Waals surface area contributed by atoms with Gasteiger partial charge in [0, 0.05) is 37.0 Å². The summed E-state index contributed by atoms with van der Waals surface area (Å²) in [5, 5.41) is 11.1. The quantitative estimate of drug-likeness (QED) is 0.649. The molecule has 3 aromatic rings. The Labute approximate surface area is 156 Å². The van der Waals surface area contributed by atoms with E-state index in [4.69, 9.17) is 4.52 Å².